The molecule has 172 valence electrons. The lowest BCUT2D eigenvalue weighted by Gasteiger charge is -2.28. The molecule has 1 aliphatic rings. The number of fused-ring (bicyclic) bond motifs is 1. The fraction of sp³-hybridized carbons (Fsp3) is 0.381. The fourth-order valence-corrected chi connectivity index (χ4v) is 4.30. The molecule has 0 aliphatic carbocycles. The van der Waals surface area contributed by atoms with Gasteiger partial charge in [0.2, 0.25) is 0 Å². The van der Waals surface area contributed by atoms with Crippen LogP contribution in [0.5, 0.6) is 0 Å². The number of aromatic nitrogens is 1. The Kier molecular flexibility index (Phi) is 6.16. The number of ether oxygens (including phenoxy) is 1. The SMILES string of the molecule is CC(C)OC(=O)C1=CN(C(=O)c2ccc(F)c(F)c2)CC(C)(C)c2snc(C(F)(F)F)c21. The van der Waals surface area contributed by atoms with E-state index in [0.29, 0.717) is 17.6 Å². The van der Waals surface area contributed by atoms with Gasteiger partial charge in [-0.25, -0.2) is 13.6 Å². The number of amides is 1. The third-order valence-corrected chi connectivity index (χ3v) is 5.90. The van der Waals surface area contributed by atoms with Crippen molar-refractivity contribution in [1.29, 1.82) is 0 Å². The molecule has 1 aliphatic heterocycles. The maximum absolute atomic E-state index is 13.7. The van der Waals surface area contributed by atoms with Gasteiger partial charge in [-0.15, -0.1) is 0 Å². The standard InChI is InChI=1S/C21H19F5N2O3S/c1-10(2)31-19(30)12-8-28(18(29)11-5-6-13(22)14(23)7-11)9-20(3,4)17-15(12)16(27-32-17)21(24,25)26/h5-8,10H,9H2,1-4H3. The highest BCUT2D eigenvalue weighted by Crippen LogP contribution is 2.45. The van der Waals surface area contributed by atoms with Gasteiger partial charge in [-0.2, -0.15) is 17.5 Å². The number of carbonyl (C=O) groups is 2. The lowest BCUT2D eigenvalue weighted by molar-refractivity contribution is -0.141. The van der Waals surface area contributed by atoms with Gasteiger partial charge in [0, 0.05) is 34.2 Å². The summed E-state index contributed by atoms with van der Waals surface area (Å²) in [5, 5.41) is 0. The zero-order chi connectivity index (χ0) is 24.0. The molecular formula is C21H19F5N2O3S. The molecule has 0 fully saturated rings. The van der Waals surface area contributed by atoms with Gasteiger partial charge in [-0.05, 0) is 43.6 Å². The first-order chi connectivity index (χ1) is 14.7. The molecule has 0 bridgehead atoms. The molecule has 3 rings (SSSR count). The van der Waals surface area contributed by atoms with Crippen LogP contribution in [0.25, 0.3) is 5.57 Å². The summed E-state index contributed by atoms with van der Waals surface area (Å²) in [5.41, 5.74) is -3.47. The number of halogens is 5. The first-order valence-corrected chi connectivity index (χ1v) is 10.3. The molecule has 5 nitrogen and oxygen atoms in total. The van der Waals surface area contributed by atoms with Crippen molar-refractivity contribution in [2.75, 3.05) is 6.54 Å². The summed E-state index contributed by atoms with van der Waals surface area (Å²) in [6.07, 6.45) is -4.53. The first kappa shape index (κ1) is 23.8. The van der Waals surface area contributed by atoms with E-state index in [9.17, 15) is 31.5 Å². The number of alkyl halides is 3. The van der Waals surface area contributed by atoms with Crippen LogP contribution >= 0.6 is 11.5 Å². The monoisotopic (exact) mass is 474 g/mol. The summed E-state index contributed by atoms with van der Waals surface area (Å²) in [4.78, 5) is 27.0. The van der Waals surface area contributed by atoms with Crippen LogP contribution < -0.4 is 0 Å². The van der Waals surface area contributed by atoms with Crippen molar-refractivity contribution in [3.05, 3.63) is 57.7 Å². The van der Waals surface area contributed by atoms with Crippen molar-refractivity contribution in [2.45, 2.75) is 45.4 Å². The Morgan fingerprint density at radius 1 is 1.19 bits per heavy atom. The second kappa shape index (κ2) is 8.27. The molecule has 1 aromatic heterocycles. The number of hydrogen-bond acceptors (Lipinski definition) is 5. The Bertz CT molecular complexity index is 1110. The van der Waals surface area contributed by atoms with E-state index in [1.54, 1.807) is 13.8 Å². The molecular weight excluding hydrogens is 455 g/mol. The summed E-state index contributed by atoms with van der Waals surface area (Å²) in [5.74, 6) is -4.29. The second-order valence-corrected chi connectivity index (χ2v) is 8.95. The zero-order valence-electron chi connectivity index (χ0n) is 17.5. The minimum absolute atomic E-state index is 0.143. The Labute approximate surface area is 184 Å². The molecule has 2 aromatic rings. The van der Waals surface area contributed by atoms with E-state index in [2.05, 4.69) is 4.37 Å². The Balaban J connectivity index is 2.21. The molecule has 11 heteroatoms. The predicted octanol–water partition coefficient (Wildman–Crippen LogP) is 5.17. The summed E-state index contributed by atoms with van der Waals surface area (Å²) in [6.45, 7) is 6.11. The van der Waals surface area contributed by atoms with Gasteiger partial charge in [0.15, 0.2) is 17.3 Å². The van der Waals surface area contributed by atoms with Gasteiger partial charge in [0.25, 0.3) is 5.91 Å². The summed E-state index contributed by atoms with van der Waals surface area (Å²) < 4.78 is 76.7. The Morgan fingerprint density at radius 2 is 1.84 bits per heavy atom. The minimum Gasteiger partial charge on any atom is -0.459 e. The van der Waals surface area contributed by atoms with Crippen LogP contribution in [0.4, 0.5) is 22.0 Å². The van der Waals surface area contributed by atoms with Crippen molar-refractivity contribution in [2.24, 2.45) is 0 Å². The van der Waals surface area contributed by atoms with Crippen LogP contribution in [-0.2, 0) is 21.1 Å². The molecule has 1 aromatic carbocycles. The van der Waals surface area contributed by atoms with Crippen molar-refractivity contribution in [3.63, 3.8) is 0 Å². The normalized spacial score (nSPS) is 15.8. The van der Waals surface area contributed by atoms with Gasteiger partial charge in [0.1, 0.15) is 0 Å². The predicted molar refractivity (Wildman–Crippen MR) is 107 cm³/mol. The highest BCUT2D eigenvalue weighted by atomic mass is 32.1. The lowest BCUT2D eigenvalue weighted by Crippen LogP contribution is -2.36. The number of esters is 1. The summed E-state index contributed by atoms with van der Waals surface area (Å²) in [6, 6.07) is 2.51. The number of hydrogen-bond donors (Lipinski definition) is 0. The van der Waals surface area contributed by atoms with E-state index in [-0.39, 0.29) is 17.0 Å². The summed E-state index contributed by atoms with van der Waals surface area (Å²) in [7, 11) is 0. The quantitative estimate of drug-likeness (QED) is 0.455. The molecule has 0 atom stereocenters. The van der Waals surface area contributed by atoms with Gasteiger partial charge in [0.05, 0.1) is 11.7 Å². The Morgan fingerprint density at radius 3 is 2.41 bits per heavy atom. The molecule has 0 N–H and O–H groups in total. The lowest BCUT2D eigenvalue weighted by atomic mass is 9.87. The maximum Gasteiger partial charge on any atom is 0.435 e. The van der Waals surface area contributed by atoms with Crippen LogP contribution in [0.3, 0.4) is 0 Å². The van der Waals surface area contributed by atoms with E-state index in [1.807, 2.05) is 0 Å². The molecule has 0 spiro atoms. The highest BCUT2D eigenvalue weighted by molar-refractivity contribution is 7.06. The van der Waals surface area contributed by atoms with Gasteiger partial charge in [-0.1, -0.05) is 13.8 Å². The number of rotatable bonds is 3. The third-order valence-electron chi connectivity index (χ3n) is 4.69. The van der Waals surface area contributed by atoms with E-state index in [0.717, 1.165) is 23.2 Å². The van der Waals surface area contributed by atoms with Crippen LogP contribution in [-0.4, -0.2) is 33.8 Å². The van der Waals surface area contributed by atoms with Crippen molar-refractivity contribution < 1.29 is 36.3 Å². The van der Waals surface area contributed by atoms with E-state index in [1.165, 1.54) is 13.8 Å². The van der Waals surface area contributed by atoms with Crippen molar-refractivity contribution in [1.82, 2.24) is 9.27 Å². The molecule has 32 heavy (non-hydrogen) atoms. The van der Waals surface area contributed by atoms with Crippen LogP contribution in [0.15, 0.2) is 24.4 Å². The molecule has 0 saturated heterocycles. The molecule has 0 radical (unpaired) electrons. The van der Waals surface area contributed by atoms with Gasteiger partial charge in [-0.3, -0.25) is 4.79 Å². The molecule has 0 saturated carbocycles. The van der Waals surface area contributed by atoms with Crippen LogP contribution in [0.2, 0.25) is 0 Å². The molecule has 0 unspecified atom stereocenters. The van der Waals surface area contributed by atoms with Crippen LogP contribution in [0, 0.1) is 11.6 Å². The second-order valence-electron chi connectivity index (χ2n) is 8.18. The van der Waals surface area contributed by atoms with Crippen molar-refractivity contribution >= 4 is 29.0 Å². The smallest absolute Gasteiger partial charge is 0.435 e. The average molecular weight is 474 g/mol. The molecule has 2 heterocycles. The van der Waals surface area contributed by atoms with Gasteiger partial charge < -0.3 is 9.64 Å². The number of benzene rings is 1. The third kappa shape index (κ3) is 4.52. The largest absolute Gasteiger partial charge is 0.459 e. The average Bonchev–Trinajstić information content (AvgIpc) is 3.08. The van der Waals surface area contributed by atoms with E-state index < -0.39 is 58.0 Å². The minimum atomic E-state index is -4.85. The van der Waals surface area contributed by atoms with Crippen LogP contribution in [0.1, 0.15) is 54.2 Å². The Hall–Kier alpha value is -2.82. The first-order valence-electron chi connectivity index (χ1n) is 9.49. The van der Waals surface area contributed by atoms with Gasteiger partial charge >= 0.3 is 12.1 Å². The summed E-state index contributed by atoms with van der Waals surface area (Å²) >= 11 is 0.587. The maximum atomic E-state index is 13.7. The topological polar surface area (TPSA) is 59.5 Å². The fourth-order valence-electron chi connectivity index (χ4n) is 3.32. The highest BCUT2D eigenvalue weighted by Gasteiger charge is 2.45. The zero-order valence-corrected chi connectivity index (χ0v) is 18.3. The number of carbonyl (C=O) groups excluding carboxylic acids is 2. The number of nitrogens with zero attached hydrogens (tertiary/aromatic N) is 2. The van der Waals surface area contributed by atoms with E-state index >= 15 is 0 Å². The van der Waals surface area contributed by atoms with E-state index in [4.69, 9.17) is 4.74 Å². The van der Waals surface area contributed by atoms with Crippen molar-refractivity contribution in [3.8, 4) is 0 Å². The molecule has 1 amide bonds.